The summed E-state index contributed by atoms with van der Waals surface area (Å²) in [6, 6.07) is 19.9. The molecule has 0 saturated heterocycles. The van der Waals surface area contributed by atoms with E-state index in [0.717, 1.165) is 42.0 Å². The van der Waals surface area contributed by atoms with E-state index in [-0.39, 0.29) is 29.0 Å². The second kappa shape index (κ2) is 13.1. The Labute approximate surface area is 236 Å². The van der Waals surface area contributed by atoms with Gasteiger partial charge in [-0.1, -0.05) is 67.8 Å². The van der Waals surface area contributed by atoms with Crippen molar-refractivity contribution in [2.45, 2.75) is 69.5 Å². The second-order valence-corrected chi connectivity index (χ2v) is 12.2. The normalized spacial score (nSPS) is 14.8. The van der Waals surface area contributed by atoms with E-state index in [1.807, 2.05) is 13.0 Å². The number of halogens is 1. The summed E-state index contributed by atoms with van der Waals surface area (Å²) >= 11 is 0. The van der Waals surface area contributed by atoms with Crippen LogP contribution in [0, 0.1) is 12.7 Å². The molecule has 40 heavy (non-hydrogen) atoms. The van der Waals surface area contributed by atoms with Gasteiger partial charge in [0.2, 0.25) is 11.8 Å². The van der Waals surface area contributed by atoms with Gasteiger partial charge < -0.3 is 10.2 Å². The van der Waals surface area contributed by atoms with Crippen molar-refractivity contribution < 1.29 is 22.4 Å². The maximum Gasteiger partial charge on any atom is 0.264 e. The number of nitrogens with zero attached hydrogens (tertiary/aromatic N) is 2. The average Bonchev–Trinajstić information content (AvgIpc) is 2.96. The Morgan fingerprint density at radius 2 is 1.62 bits per heavy atom. The van der Waals surface area contributed by atoms with Gasteiger partial charge in [-0.3, -0.25) is 13.9 Å². The van der Waals surface area contributed by atoms with Crippen LogP contribution in [-0.4, -0.2) is 43.8 Å². The fraction of sp³-hybridized carbons (Fsp3) is 0.355. The minimum Gasteiger partial charge on any atom is -0.352 e. The van der Waals surface area contributed by atoms with Gasteiger partial charge in [0.25, 0.3) is 10.0 Å². The molecule has 1 saturated carbocycles. The summed E-state index contributed by atoms with van der Waals surface area (Å²) in [5, 5.41) is 3.04. The lowest BCUT2D eigenvalue weighted by molar-refractivity contribution is -0.139. The van der Waals surface area contributed by atoms with Crippen molar-refractivity contribution in [1.82, 2.24) is 10.2 Å². The molecular formula is C31H36FN3O4S. The van der Waals surface area contributed by atoms with E-state index in [1.165, 1.54) is 23.1 Å². The highest BCUT2D eigenvalue weighted by Gasteiger charge is 2.33. The van der Waals surface area contributed by atoms with Crippen molar-refractivity contribution >= 4 is 27.5 Å². The summed E-state index contributed by atoms with van der Waals surface area (Å²) < 4.78 is 43.3. The van der Waals surface area contributed by atoms with Crippen LogP contribution in [0.3, 0.4) is 0 Å². The number of rotatable bonds is 10. The molecular weight excluding hydrogens is 529 g/mol. The first-order valence-corrected chi connectivity index (χ1v) is 15.1. The van der Waals surface area contributed by atoms with Crippen LogP contribution < -0.4 is 9.62 Å². The number of nitrogens with one attached hydrogen (secondary N) is 1. The summed E-state index contributed by atoms with van der Waals surface area (Å²) in [4.78, 5) is 28.6. The largest absolute Gasteiger partial charge is 0.352 e. The molecule has 0 bridgehead atoms. The molecule has 3 aromatic rings. The van der Waals surface area contributed by atoms with Gasteiger partial charge in [-0.15, -0.1) is 0 Å². The van der Waals surface area contributed by atoms with Gasteiger partial charge in [-0.25, -0.2) is 12.8 Å². The van der Waals surface area contributed by atoms with Crippen LogP contribution in [0.15, 0.2) is 83.8 Å². The Morgan fingerprint density at radius 1 is 0.950 bits per heavy atom. The Morgan fingerprint density at radius 3 is 2.30 bits per heavy atom. The van der Waals surface area contributed by atoms with Gasteiger partial charge in [0.15, 0.2) is 0 Å². The average molecular weight is 566 g/mol. The Kier molecular flexibility index (Phi) is 9.58. The third-order valence-electron chi connectivity index (χ3n) is 7.32. The minimum atomic E-state index is -4.14. The Balaban J connectivity index is 1.67. The summed E-state index contributed by atoms with van der Waals surface area (Å²) in [5.41, 5.74) is 1.38. The number of carbonyl (C=O) groups is 2. The van der Waals surface area contributed by atoms with E-state index < -0.39 is 34.3 Å². The van der Waals surface area contributed by atoms with E-state index in [2.05, 4.69) is 5.32 Å². The van der Waals surface area contributed by atoms with Crippen LogP contribution in [0.5, 0.6) is 0 Å². The SMILES string of the molecule is Cc1cccc(N(CC(=O)N(Cc2ccccc2F)[C@H](C)C(=O)NC2CCCCC2)S(=O)(=O)c2ccccc2)c1. The lowest BCUT2D eigenvalue weighted by Gasteiger charge is -2.33. The lowest BCUT2D eigenvalue weighted by atomic mass is 9.95. The zero-order chi connectivity index (χ0) is 28.7. The number of hydrogen-bond acceptors (Lipinski definition) is 4. The summed E-state index contributed by atoms with van der Waals surface area (Å²) in [6.45, 7) is 2.69. The van der Waals surface area contributed by atoms with Crippen molar-refractivity contribution in [3.63, 3.8) is 0 Å². The van der Waals surface area contributed by atoms with Crippen LogP contribution in [-0.2, 0) is 26.2 Å². The molecule has 2 amide bonds. The summed E-state index contributed by atoms with van der Waals surface area (Å²) in [7, 11) is -4.14. The third kappa shape index (κ3) is 7.07. The Hall–Kier alpha value is -3.72. The molecule has 1 fully saturated rings. The molecule has 3 aromatic carbocycles. The predicted octanol–water partition coefficient (Wildman–Crippen LogP) is 5.20. The first-order chi connectivity index (χ1) is 19.2. The van der Waals surface area contributed by atoms with Crippen LogP contribution >= 0.6 is 0 Å². The van der Waals surface area contributed by atoms with Crippen molar-refractivity contribution in [1.29, 1.82) is 0 Å². The van der Waals surface area contributed by atoms with Crippen LogP contribution in [0.1, 0.15) is 50.2 Å². The summed E-state index contributed by atoms with van der Waals surface area (Å²) in [5.74, 6) is -1.46. The van der Waals surface area contributed by atoms with E-state index in [1.54, 1.807) is 61.5 Å². The van der Waals surface area contributed by atoms with E-state index >= 15 is 0 Å². The molecule has 7 nitrogen and oxygen atoms in total. The molecule has 212 valence electrons. The molecule has 0 aliphatic heterocycles. The number of hydrogen-bond donors (Lipinski definition) is 1. The predicted molar refractivity (Wildman–Crippen MR) is 154 cm³/mol. The van der Waals surface area contributed by atoms with Crippen LogP contribution in [0.4, 0.5) is 10.1 Å². The number of benzene rings is 3. The molecule has 0 spiro atoms. The third-order valence-corrected chi connectivity index (χ3v) is 9.11. The fourth-order valence-electron chi connectivity index (χ4n) is 4.99. The molecule has 0 radical (unpaired) electrons. The van der Waals surface area contributed by atoms with Crippen molar-refractivity contribution in [2.24, 2.45) is 0 Å². The molecule has 0 unspecified atom stereocenters. The topological polar surface area (TPSA) is 86.8 Å². The van der Waals surface area contributed by atoms with Crippen LogP contribution in [0.2, 0.25) is 0 Å². The zero-order valence-corrected chi connectivity index (χ0v) is 23.7. The van der Waals surface area contributed by atoms with Gasteiger partial charge in [0, 0.05) is 18.2 Å². The van der Waals surface area contributed by atoms with Gasteiger partial charge in [-0.05, 0) is 62.6 Å². The van der Waals surface area contributed by atoms with Gasteiger partial charge in [0.1, 0.15) is 18.4 Å². The number of sulfonamides is 1. The number of carbonyl (C=O) groups excluding carboxylic acids is 2. The maximum atomic E-state index is 14.7. The van der Waals surface area contributed by atoms with E-state index in [4.69, 9.17) is 0 Å². The standard InChI is InChI=1S/C31H36FN3O4S/c1-23-12-11-16-27(20-23)35(40(38,39)28-17-7-4-8-18-28)22-30(36)34(21-25-13-9-10-19-29(25)32)24(2)31(37)33-26-14-5-3-6-15-26/h4,7-13,16-20,24,26H,3,5-6,14-15,21-22H2,1-2H3,(H,33,37)/t24-/m1/s1. The zero-order valence-electron chi connectivity index (χ0n) is 22.9. The Bertz CT molecular complexity index is 1430. The highest BCUT2D eigenvalue weighted by molar-refractivity contribution is 7.92. The maximum absolute atomic E-state index is 14.7. The monoisotopic (exact) mass is 565 g/mol. The first-order valence-electron chi connectivity index (χ1n) is 13.6. The van der Waals surface area contributed by atoms with E-state index in [9.17, 15) is 22.4 Å². The molecule has 9 heteroatoms. The number of aryl methyl sites for hydroxylation is 1. The van der Waals surface area contributed by atoms with Gasteiger partial charge in [-0.2, -0.15) is 0 Å². The lowest BCUT2D eigenvalue weighted by Crippen LogP contribution is -2.53. The smallest absolute Gasteiger partial charge is 0.264 e. The van der Waals surface area contributed by atoms with Crippen LogP contribution in [0.25, 0.3) is 0 Å². The summed E-state index contributed by atoms with van der Waals surface area (Å²) in [6.07, 6.45) is 4.93. The molecule has 1 atom stereocenters. The minimum absolute atomic E-state index is 0.0244. The molecule has 1 aliphatic carbocycles. The molecule has 1 aliphatic rings. The van der Waals surface area contributed by atoms with Crippen molar-refractivity contribution in [3.8, 4) is 0 Å². The van der Waals surface area contributed by atoms with Gasteiger partial charge >= 0.3 is 0 Å². The number of anilines is 1. The highest BCUT2D eigenvalue weighted by Crippen LogP contribution is 2.26. The molecule has 0 aromatic heterocycles. The molecule has 4 rings (SSSR count). The van der Waals surface area contributed by atoms with Crippen molar-refractivity contribution in [2.75, 3.05) is 10.8 Å². The van der Waals surface area contributed by atoms with E-state index in [0.29, 0.717) is 5.69 Å². The highest BCUT2D eigenvalue weighted by atomic mass is 32.2. The second-order valence-electron chi connectivity index (χ2n) is 10.3. The molecule has 1 N–H and O–H groups in total. The number of amides is 2. The molecule has 0 heterocycles. The van der Waals surface area contributed by atoms with Gasteiger partial charge in [0.05, 0.1) is 10.6 Å². The van der Waals surface area contributed by atoms with Crippen molar-refractivity contribution in [3.05, 3.63) is 95.8 Å². The quantitative estimate of drug-likeness (QED) is 0.366. The first kappa shape index (κ1) is 29.3. The fourth-order valence-corrected chi connectivity index (χ4v) is 6.42.